The first kappa shape index (κ1) is 19.9. The Bertz CT molecular complexity index is 774. The standard InChI is InChI=1S/C23H29N3O2/c1-23(2,3)28-19(27)16-24-22-25(4)20(17-12-8-6-9-13-17)21(26(22)5)18-14-10-7-11-15-18/h6-15,20-21H,16H2,1-5H3. The second kappa shape index (κ2) is 8.05. The predicted octanol–water partition coefficient (Wildman–Crippen LogP) is 4.04. The van der Waals surface area contributed by atoms with Crippen molar-refractivity contribution in [3.8, 4) is 0 Å². The van der Waals surface area contributed by atoms with E-state index in [1.807, 2.05) is 47.0 Å². The van der Waals surface area contributed by atoms with Gasteiger partial charge in [0.1, 0.15) is 12.1 Å². The molecule has 0 N–H and O–H groups in total. The van der Waals surface area contributed by atoms with Crippen LogP contribution in [0.5, 0.6) is 0 Å². The number of guanidine groups is 1. The van der Waals surface area contributed by atoms with E-state index in [1.165, 1.54) is 11.1 Å². The summed E-state index contributed by atoms with van der Waals surface area (Å²) in [5.74, 6) is 0.467. The number of esters is 1. The third-order valence-electron chi connectivity index (χ3n) is 4.82. The molecule has 0 amide bonds. The summed E-state index contributed by atoms with van der Waals surface area (Å²) in [7, 11) is 4.07. The number of nitrogens with zero attached hydrogens (tertiary/aromatic N) is 3. The fourth-order valence-corrected chi connectivity index (χ4v) is 3.77. The van der Waals surface area contributed by atoms with Crippen molar-refractivity contribution in [3.63, 3.8) is 0 Å². The Morgan fingerprint density at radius 2 is 1.32 bits per heavy atom. The molecule has 148 valence electrons. The monoisotopic (exact) mass is 379 g/mol. The number of carbonyl (C=O) groups is 1. The molecule has 28 heavy (non-hydrogen) atoms. The molecule has 2 aromatic carbocycles. The maximum atomic E-state index is 12.2. The van der Waals surface area contributed by atoms with Crippen molar-refractivity contribution in [3.05, 3.63) is 71.8 Å². The highest BCUT2D eigenvalue weighted by Gasteiger charge is 2.42. The Morgan fingerprint density at radius 3 is 1.71 bits per heavy atom. The maximum absolute atomic E-state index is 12.2. The lowest BCUT2D eigenvalue weighted by Gasteiger charge is -2.26. The summed E-state index contributed by atoms with van der Waals surface area (Å²) in [4.78, 5) is 21.1. The Morgan fingerprint density at radius 1 is 0.893 bits per heavy atom. The molecule has 5 nitrogen and oxygen atoms in total. The van der Waals surface area contributed by atoms with Crippen LogP contribution in [0.15, 0.2) is 65.7 Å². The molecule has 1 aliphatic heterocycles. The minimum Gasteiger partial charge on any atom is -0.459 e. The highest BCUT2D eigenvalue weighted by molar-refractivity contribution is 5.85. The summed E-state index contributed by atoms with van der Waals surface area (Å²) in [6.45, 7) is 5.60. The number of benzene rings is 2. The molecule has 0 aromatic heterocycles. The molecule has 0 spiro atoms. The topological polar surface area (TPSA) is 45.1 Å². The normalized spacial score (nSPS) is 19.7. The van der Waals surface area contributed by atoms with Crippen LogP contribution in [0, 0.1) is 0 Å². The number of hydrogen-bond acceptors (Lipinski definition) is 3. The van der Waals surface area contributed by atoms with Crippen LogP contribution in [0.2, 0.25) is 0 Å². The fourth-order valence-electron chi connectivity index (χ4n) is 3.77. The molecule has 1 saturated heterocycles. The number of hydrogen-bond donors (Lipinski definition) is 0. The zero-order chi connectivity index (χ0) is 20.3. The van der Waals surface area contributed by atoms with E-state index in [9.17, 15) is 4.79 Å². The molecule has 2 atom stereocenters. The number of carbonyl (C=O) groups excluding carboxylic acids is 1. The van der Waals surface area contributed by atoms with E-state index in [2.05, 4.69) is 63.3 Å². The fraction of sp³-hybridized carbons (Fsp3) is 0.391. The van der Waals surface area contributed by atoms with E-state index in [4.69, 9.17) is 4.74 Å². The van der Waals surface area contributed by atoms with Crippen LogP contribution in [0.4, 0.5) is 0 Å². The Kier molecular flexibility index (Phi) is 5.73. The van der Waals surface area contributed by atoms with E-state index in [0.717, 1.165) is 5.96 Å². The highest BCUT2D eigenvalue weighted by Crippen LogP contribution is 2.43. The molecule has 0 saturated carbocycles. The summed E-state index contributed by atoms with van der Waals surface area (Å²) in [6.07, 6.45) is 0. The van der Waals surface area contributed by atoms with Gasteiger partial charge in [0.2, 0.25) is 0 Å². The van der Waals surface area contributed by atoms with Crippen LogP contribution in [-0.4, -0.2) is 48.0 Å². The van der Waals surface area contributed by atoms with Gasteiger partial charge >= 0.3 is 5.97 Å². The second-order valence-corrected chi connectivity index (χ2v) is 8.14. The lowest BCUT2D eigenvalue weighted by Crippen LogP contribution is -2.31. The van der Waals surface area contributed by atoms with Crippen molar-refractivity contribution >= 4 is 11.9 Å². The van der Waals surface area contributed by atoms with Gasteiger partial charge in [-0.25, -0.2) is 4.99 Å². The first-order chi connectivity index (χ1) is 13.3. The molecule has 3 rings (SSSR count). The van der Waals surface area contributed by atoms with E-state index >= 15 is 0 Å². The first-order valence-electron chi connectivity index (χ1n) is 9.60. The van der Waals surface area contributed by atoms with Crippen molar-refractivity contribution in [2.45, 2.75) is 38.5 Å². The van der Waals surface area contributed by atoms with E-state index < -0.39 is 5.60 Å². The average molecular weight is 380 g/mol. The van der Waals surface area contributed by atoms with Crippen molar-refractivity contribution in [2.24, 2.45) is 4.99 Å². The van der Waals surface area contributed by atoms with Crippen molar-refractivity contribution in [1.29, 1.82) is 0 Å². The zero-order valence-electron chi connectivity index (χ0n) is 17.3. The van der Waals surface area contributed by atoms with Gasteiger partial charge in [-0.3, -0.25) is 4.79 Å². The molecule has 0 bridgehead atoms. The van der Waals surface area contributed by atoms with Gasteiger partial charge in [0.05, 0.1) is 12.1 Å². The molecular formula is C23H29N3O2. The van der Waals surface area contributed by atoms with Crippen molar-refractivity contribution < 1.29 is 9.53 Å². The first-order valence-corrected chi connectivity index (χ1v) is 9.60. The minimum atomic E-state index is -0.510. The lowest BCUT2D eigenvalue weighted by molar-refractivity contribution is -0.152. The molecule has 1 heterocycles. The van der Waals surface area contributed by atoms with Gasteiger partial charge < -0.3 is 14.5 Å². The van der Waals surface area contributed by atoms with E-state index in [-0.39, 0.29) is 24.6 Å². The summed E-state index contributed by atoms with van der Waals surface area (Å²) >= 11 is 0. The van der Waals surface area contributed by atoms with Crippen LogP contribution >= 0.6 is 0 Å². The van der Waals surface area contributed by atoms with Gasteiger partial charge in [-0.1, -0.05) is 60.7 Å². The summed E-state index contributed by atoms with van der Waals surface area (Å²) in [6, 6.07) is 21.0. The van der Waals surface area contributed by atoms with Gasteiger partial charge in [-0.15, -0.1) is 0 Å². The van der Waals surface area contributed by atoms with Gasteiger partial charge in [0.15, 0.2) is 5.96 Å². The Balaban J connectivity index is 1.93. The van der Waals surface area contributed by atoms with E-state index in [1.54, 1.807) is 0 Å². The molecule has 5 heteroatoms. The van der Waals surface area contributed by atoms with Crippen LogP contribution in [0.1, 0.15) is 44.0 Å². The zero-order valence-corrected chi connectivity index (χ0v) is 17.3. The number of likely N-dealkylation sites (N-methyl/N-ethyl adjacent to an activating group) is 2. The SMILES string of the molecule is CN1C(=NCC(=O)OC(C)(C)C)N(C)C(c2ccccc2)C1c1ccccc1. The summed E-state index contributed by atoms with van der Waals surface area (Å²) < 4.78 is 5.41. The Hall–Kier alpha value is -2.82. The van der Waals surface area contributed by atoms with Gasteiger partial charge in [-0.05, 0) is 31.9 Å². The minimum absolute atomic E-state index is 0.00427. The predicted molar refractivity (Wildman–Crippen MR) is 112 cm³/mol. The molecule has 0 radical (unpaired) electrons. The third kappa shape index (κ3) is 4.35. The lowest BCUT2D eigenvalue weighted by atomic mass is 9.93. The van der Waals surface area contributed by atoms with Crippen LogP contribution < -0.4 is 0 Å². The quantitative estimate of drug-likeness (QED) is 0.752. The van der Waals surface area contributed by atoms with Crippen LogP contribution in [0.3, 0.4) is 0 Å². The number of rotatable bonds is 4. The maximum Gasteiger partial charge on any atom is 0.328 e. The summed E-state index contributed by atoms with van der Waals surface area (Å²) in [5, 5.41) is 0. The molecule has 2 aromatic rings. The molecular weight excluding hydrogens is 350 g/mol. The molecule has 1 fully saturated rings. The number of aliphatic imine (C=N–C) groups is 1. The van der Waals surface area contributed by atoms with E-state index in [0.29, 0.717) is 0 Å². The average Bonchev–Trinajstić information content (AvgIpc) is 2.90. The van der Waals surface area contributed by atoms with Gasteiger partial charge in [0, 0.05) is 14.1 Å². The second-order valence-electron chi connectivity index (χ2n) is 8.14. The van der Waals surface area contributed by atoms with Crippen LogP contribution in [-0.2, 0) is 9.53 Å². The molecule has 2 unspecified atom stereocenters. The number of ether oxygens (including phenoxy) is 1. The molecule has 1 aliphatic rings. The van der Waals surface area contributed by atoms with Gasteiger partial charge in [-0.2, -0.15) is 0 Å². The smallest absolute Gasteiger partial charge is 0.328 e. The highest BCUT2D eigenvalue weighted by atomic mass is 16.6. The third-order valence-corrected chi connectivity index (χ3v) is 4.82. The van der Waals surface area contributed by atoms with Crippen molar-refractivity contribution in [1.82, 2.24) is 9.80 Å². The van der Waals surface area contributed by atoms with Crippen molar-refractivity contribution in [2.75, 3.05) is 20.6 Å². The van der Waals surface area contributed by atoms with Crippen LogP contribution in [0.25, 0.3) is 0 Å². The Labute approximate surface area is 167 Å². The largest absolute Gasteiger partial charge is 0.459 e. The molecule has 0 aliphatic carbocycles. The van der Waals surface area contributed by atoms with Gasteiger partial charge in [0.25, 0.3) is 0 Å². The summed E-state index contributed by atoms with van der Waals surface area (Å²) in [5.41, 5.74) is 1.92.